The molecule has 0 atom stereocenters. The zero-order chi connectivity index (χ0) is 22.4. The number of carboxylic acid groups (broad SMARTS) is 1. The maximum Gasteiger partial charge on any atom is 0.490 e. The zero-order valence-corrected chi connectivity index (χ0v) is 14.7. The monoisotopic (exact) mass is 443 g/mol. The second-order valence-corrected chi connectivity index (χ2v) is 5.72. The number of anilines is 1. The lowest BCUT2D eigenvalue weighted by molar-refractivity contribution is -0.192. The smallest absolute Gasteiger partial charge is 0.475 e. The minimum Gasteiger partial charge on any atom is -0.475 e. The highest BCUT2D eigenvalue weighted by atomic mass is 32.1. The predicted molar refractivity (Wildman–Crippen MR) is 91.4 cm³/mol. The van der Waals surface area contributed by atoms with Gasteiger partial charge in [0.1, 0.15) is 0 Å². The Bertz CT molecular complexity index is 906. The van der Waals surface area contributed by atoms with Gasteiger partial charge in [0.15, 0.2) is 5.96 Å². The molecule has 2 aromatic rings. The number of nitrogens with zero attached hydrogens (tertiary/aromatic N) is 2. The van der Waals surface area contributed by atoms with Crippen molar-refractivity contribution in [2.75, 3.05) is 5.32 Å². The highest BCUT2D eigenvalue weighted by Crippen LogP contribution is 2.28. The molecule has 1 amide bonds. The number of aliphatic imine (C=N–C) groups is 1. The van der Waals surface area contributed by atoms with Gasteiger partial charge in [-0.1, -0.05) is 12.1 Å². The summed E-state index contributed by atoms with van der Waals surface area (Å²) in [7, 11) is 0. The molecule has 0 aliphatic rings. The molecule has 2 rings (SSSR count). The number of aromatic nitrogens is 1. The summed E-state index contributed by atoms with van der Waals surface area (Å²) in [5.74, 6) is -4.94. The molecule has 0 unspecified atom stereocenters. The summed E-state index contributed by atoms with van der Waals surface area (Å²) in [6.07, 6.45) is -10.0. The predicted octanol–water partition coefficient (Wildman–Crippen LogP) is 2.85. The van der Waals surface area contributed by atoms with Crippen molar-refractivity contribution < 1.29 is 41.0 Å². The van der Waals surface area contributed by atoms with Gasteiger partial charge in [0.05, 0.1) is 5.69 Å². The molecule has 0 saturated heterocycles. The summed E-state index contributed by atoms with van der Waals surface area (Å²) in [5, 5.41) is 10.9. The maximum absolute atomic E-state index is 12.2. The van der Waals surface area contributed by atoms with E-state index in [4.69, 9.17) is 21.4 Å². The van der Waals surface area contributed by atoms with Gasteiger partial charge in [-0.15, -0.1) is 11.3 Å². The number of hydrogen-bond donors (Lipinski definition) is 4. The third-order valence-corrected chi connectivity index (χ3v) is 3.37. The number of guanidine groups is 1. The number of benzene rings is 1. The molecule has 158 valence electrons. The zero-order valence-electron chi connectivity index (χ0n) is 13.9. The summed E-state index contributed by atoms with van der Waals surface area (Å²) in [4.78, 5) is 27.7. The van der Waals surface area contributed by atoms with Crippen LogP contribution in [0.3, 0.4) is 0 Å². The number of halogens is 6. The molecular weight excluding hydrogens is 432 g/mol. The first-order valence-electron chi connectivity index (χ1n) is 7.04. The fourth-order valence-corrected chi connectivity index (χ4v) is 2.23. The van der Waals surface area contributed by atoms with Crippen LogP contribution in [-0.4, -0.2) is 40.3 Å². The molecule has 1 heterocycles. The molecule has 0 radical (unpaired) electrons. The van der Waals surface area contributed by atoms with Gasteiger partial charge in [0.2, 0.25) is 5.13 Å². The highest BCUT2D eigenvalue weighted by Gasteiger charge is 2.39. The first kappa shape index (κ1) is 23.7. The molecule has 0 fully saturated rings. The van der Waals surface area contributed by atoms with Crippen molar-refractivity contribution in [2.24, 2.45) is 16.5 Å². The van der Waals surface area contributed by atoms with Crippen molar-refractivity contribution in [3.8, 4) is 11.3 Å². The first-order chi connectivity index (χ1) is 13.2. The lowest BCUT2D eigenvalue weighted by atomic mass is 10.1. The van der Waals surface area contributed by atoms with Crippen LogP contribution in [0.5, 0.6) is 0 Å². The summed E-state index contributed by atoms with van der Waals surface area (Å²) < 4.78 is 68.4. The molecule has 0 aliphatic heterocycles. The highest BCUT2D eigenvalue weighted by molar-refractivity contribution is 7.13. The van der Waals surface area contributed by atoms with Crippen molar-refractivity contribution in [1.82, 2.24) is 4.98 Å². The van der Waals surface area contributed by atoms with Crippen LogP contribution in [0.25, 0.3) is 11.3 Å². The number of thiazole rings is 1. The molecule has 0 spiro atoms. The van der Waals surface area contributed by atoms with Crippen molar-refractivity contribution in [3.05, 3.63) is 29.6 Å². The first-order valence-corrected chi connectivity index (χ1v) is 7.92. The van der Waals surface area contributed by atoms with Crippen molar-refractivity contribution >= 4 is 40.0 Å². The Hall–Kier alpha value is -3.36. The van der Waals surface area contributed by atoms with Crippen molar-refractivity contribution in [1.29, 1.82) is 0 Å². The fraction of sp³-hybridized carbons (Fsp3) is 0.143. The minimum atomic E-state index is -5.08. The Labute approximate surface area is 161 Å². The van der Waals surface area contributed by atoms with Crippen LogP contribution in [0.2, 0.25) is 0 Å². The third kappa shape index (κ3) is 8.04. The molecule has 1 aromatic heterocycles. The molecule has 0 bridgehead atoms. The second kappa shape index (κ2) is 9.22. The average molecular weight is 443 g/mol. The van der Waals surface area contributed by atoms with Gasteiger partial charge in [-0.2, -0.15) is 31.3 Å². The fourth-order valence-electron chi connectivity index (χ4n) is 1.52. The Morgan fingerprint density at radius 1 is 1.10 bits per heavy atom. The van der Waals surface area contributed by atoms with E-state index < -0.39 is 24.2 Å². The number of aliphatic carboxylic acids is 1. The van der Waals surface area contributed by atoms with Gasteiger partial charge in [-0.3, -0.25) is 4.79 Å². The van der Waals surface area contributed by atoms with Crippen LogP contribution in [0, 0.1) is 0 Å². The number of nitrogens with two attached hydrogens (primary N) is 2. The SMILES string of the molecule is NC(N)=Nc1nc(-c2cccc(NC(=O)C(F)(F)F)c2)cs1.O=C(O)C(F)(F)F. The largest absolute Gasteiger partial charge is 0.490 e. The van der Waals surface area contributed by atoms with Crippen LogP contribution in [0.15, 0.2) is 34.6 Å². The molecular formula is C14H11F6N5O3S. The standard InChI is InChI=1S/C12H10F3N5OS.C2HF3O2/c13-12(14,15)9(21)18-7-3-1-2-6(4-7)8-5-22-11(19-8)20-10(16)17;3-2(4,5)1(6)7/h1-5H,(H,18,21)(H4,16,17,19,20);(H,6,7). The maximum atomic E-state index is 12.2. The minimum absolute atomic E-state index is 0.0104. The van der Waals surface area contributed by atoms with Gasteiger partial charge in [-0.05, 0) is 12.1 Å². The molecule has 29 heavy (non-hydrogen) atoms. The normalized spacial score (nSPS) is 11.1. The number of carbonyl (C=O) groups is 2. The van der Waals surface area contributed by atoms with E-state index in [1.165, 1.54) is 29.5 Å². The summed E-state index contributed by atoms with van der Waals surface area (Å²) in [6, 6.07) is 5.85. The molecule has 15 heteroatoms. The van der Waals surface area contributed by atoms with E-state index in [2.05, 4.69) is 9.98 Å². The number of amides is 1. The summed E-state index contributed by atoms with van der Waals surface area (Å²) >= 11 is 1.17. The summed E-state index contributed by atoms with van der Waals surface area (Å²) in [5.41, 5.74) is 11.5. The molecule has 0 aliphatic carbocycles. The van der Waals surface area contributed by atoms with Crippen LogP contribution >= 0.6 is 11.3 Å². The molecule has 6 N–H and O–H groups in total. The van der Waals surface area contributed by atoms with Gasteiger partial charge in [0, 0.05) is 16.6 Å². The van der Waals surface area contributed by atoms with Crippen LogP contribution in [0.4, 0.5) is 37.2 Å². The van der Waals surface area contributed by atoms with E-state index in [9.17, 15) is 31.1 Å². The van der Waals surface area contributed by atoms with Gasteiger partial charge in [0.25, 0.3) is 0 Å². The number of nitrogens with one attached hydrogen (secondary N) is 1. The Balaban J connectivity index is 0.000000516. The van der Waals surface area contributed by atoms with Crippen LogP contribution < -0.4 is 16.8 Å². The van der Waals surface area contributed by atoms with E-state index in [0.29, 0.717) is 16.4 Å². The van der Waals surface area contributed by atoms with Crippen molar-refractivity contribution in [3.63, 3.8) is 0 Å². The number of hydrogen-bond acceptors (Lipinski definition) is 5. The lowest BCUT2D eigenvalue weighted by Crippen LogP contribution is -2.29. The molecule has 0 saturated carbocycles. The topological polar surface area (TPSA) is 144 Å². The number of rotatable bonds is 3. The van der Waals surface area contributed by atoms with Crippen LogP contribution in [0.1, 0.15) is 0 Å². The Kier molecular flexibility index (Phi) is 7.53. The Morgan fingerprint density at radius 2 is 1.69 bits per heavy atom. The number of carboxylic acids is 1. The van der Waals surface area contributed by atoms with Crippen LogP contribution in [-0.2, 0) is 9.59 Å². The quantitative estimate of drug-likeness (QED) is 0.326. The van der Waals surface area contributed by atoms with E-state index in [1.807, 2.05) is 0 Å². The second-order valence-electron chi connectivity index (χ2n) is 4.89. The molecule has 8 nitrogen and oxygen atoms in total. The van der Waals surface area contributed by atoms with Gasteiger partial charge < -0.3 is 21.9 Å². The lowest BCUT2D eigenvalue weighted by Gasteiger charge is -2.08. The van der Waals surface area contributed by atoms with Gasteiger partial charge >= 0.3 is 24.2 Å². The third-order valence-electron chi connectivity index (χ3n) is 2.63. The van der Waals surface area contributed by atoms with Crippen molar-refractivity contribution in [2.45, 2.75) is 12.4 Å². The number of carbonyl (C=O) groups excluding carboxylic acids is 1. The van der Waals surface area contributed by atoms with E-state index >= 15 is 0 Å². The van der Waals surface area contributed by atoms with E-state index in [-0.39, 0.29) is 11.6 Å². The van der Waals surface area contributed by atoms with Gasteiger partial charge in [-0.25, -0.2) is 9.78 Å². The summed E-state index contributed by atoms with van der Waals surface area (Å²) in [6.45, 7) is 0. The average Bonchev–Trinajstić information content (AvgIpc) is 3.01. The molecule has 1 aromatic carbocycles. The van der Waals surface area contributed by atoms with E-state index in [0.717, 1.165) is 0 Å². The van der Waals surface area contributed by atoms with E-state index in [1.54, 1.807) is 16.8 Å². The number of alkyl halides is 6. The Morgan fingerprint density at radius 3 is 2.17 bits per heavy atom.